The van der Waals surface area contributed by atoms with Crippen LogP contribution in [0.5, 0.6) is 5.75 Å². The Morgan fingerprint density at radius 3 is 2.33 bits per heavy atom. The van der Waals surface area contributed by atoms with Gasteiger partial charge < -0.3 is 10.1 Å². The van der Waals surface area contributed by atoms with E-state index in [4.69, 9.17) is 27.9 Å². The van der Waals surface area contributed by atoms with Gasteiger partial charge in [-0.25, -0.2) is 0 Å². The van der Waals surface area contributed by atoms with Crippen LogP contribution in [0.25, 0.3) is 0 Å². The van der Waals surface area contributed by atoms with Gasteiger partial charge in [-0.3, -0.25) is 0 Å². The molecule has 0 saturated carbocycles. The molecular formula is C17H19Cl2NO. The van der Waals surface area contributed by atoms with Crippen LogP contribution < -0.4 is 10.1 Å². The van der Waals surface area contributed by atoms with Gasteiger partial charge in [0.15, 0.2) is 0 Å². The molecule has 0 aliphatic rings. The highest BCUT2D eigenvalue weighted by atomic mass is 35.5. The maximum atomic E-state index is 6.14. The summed E-state index contributed by atoms with van der Waals surface area (Å²) in [6.45, 7) is 2.96. The Morgan fingerprint density at radius 1 is 1.05 bits per heavy atom. The van der Waals surface area contributed by atoms with Crippen molar-refractivity contribution in [1.29, 1.82) is 0 Å². The highest BCUT2D eigenvalue weighted by Crippen LogP contribution is 2.30. The lowest BCUT2D eigenvalue weighted by Crippen LogP contribution is -2.23. The van der Waals surface area contributed by atoms with Gasteiger partial charge in [0, 0.05) is 21.7 Å². The molecule has 4 heteroatoms. The van der Waals surface area contributed by atoms with E-state index >= 15 is 0 Å². The van der Waals surface area contributed by atoms with Crippen LogP contribution in [-0.2, 0) is 6.42 Å². The van der Waals surface area contributed by atoms with Gasteiger partial charge in [-0.2, -0.15) is 0 Å². The minimum atomic E-state index is 0.143. The molecule has 0 heterocycles. The van der Waals surface area contributed by atoms with E-state index in [1.165, 1.54) is 5.56 Å². The molecule has 1 atom stereocenters. The number of nitrogens with one attached hydrogen (secondary N) is 1. The van der Waals surface area contributed by atoms with Crippen LogP contribution in [0.2, 0.25) is 10.0 Å². The summed E-state index contributed by atoms with van der Waals surface area (Å²) >= 11 is 12.1. The molecule has 2 aromatic rings. The Labute approximate surface area is 136 Å². The molecule has 112 valence electrons. The van der Waals surface area contributed by atoms with Crippen molar-refractivity contribution in [2.45, 2.75) is 19.4 Å². The molecule has 0 spiro atoms. The van der Waals surface area contributed by atoms with E-state index < -0.39 is 0 Å². The maximum Gasteiger partial charge on any atom is 0.123 e. The number of halogens is 2. The molecular weight excluding hydrogens is 305 g/mol. The second-order valence-electron chi connectivity index (χ2n) is 4.83. The Balaban J connectivity index is 2.30. The predicted molar refractivity (Wildman–Crippen MR) is 89.6 cm³/mol. The Morgan fingerprint density at radius 2 is 1.71 bits per heavy atom. The van der Waals surface area contributed by atoms with Gasteiger partial charge in [-0.1, -0.05) is 42.3 Å². The van der Waals surface area contributed by atoms with Crippen LogP contribution in [0.3, 0.4) is 0 Å². The molecule has 2 rings (SSSR count). The van der Waals surface area contributed by atoms with Crippen LogP contribution in [0.15, 0.2) is 42.5 Å². The van der Waals surface area contributed by atoms with Crippen molar-refractivity contribution < 1.29 is 4.74 Å². The number of likely N-dealkylation sites (N-methyl/N-ethyl adjacent to an activating group) is 1. The second-order valence-corrected chi connectivity index (χ2v) is 5.70. The lowest BCUT2D eigenvalue weighted by Gasteiger charge is -2.21. The summed E-state index contributed by atoms with van der Waals surface area (Å²) in [5, 5.41) is 4.95. The summed E-state index contributed by atoms with van der Waals surface area (Å²) < 4.78 is 5.46. The standard InChI is InChI=1S/C17H19Cl2NO/c1-3-20-16(10-12-4-6-13(18)7-5-12)15-11-14(19)8-9-17(15)21-2/h4-9,11,16,20H,3,10H2,1-2H3. The fourth-order valence-corrected chi connectivity index (χ4v) is 2.68. The molecule has 1 N–H and O–H groups in total. The zero-order valence-electron chi connectivity index (χ0n) is 12.2. The minimum absolute atomic E-state index is 0.143. The first kappa shape index (κ1) is 16.2. The molecule has 21 heavy (non-hydrogen) atoms. The predicted octanol–water partition coefficient (Wildman–Crippen LogP) is 4.90. The number of hydrogen-bond acceptors (Lipinski definition) is 2. The Kier molecular flexibility index (Phi) is 5.92. The molecule has 1 unspecified atom stereocenters. The third-order valence-electron chi connectivity index (χ3n) is 3.37. The van der Waals surface area contributed by atoms with E-state index in [9.17, 15) is 0 Å². The van der Waals surface area contributed by atoms with Crippen LogP contribution in [0, 0.1) is 0 Å². The zero-order valence-corrected chi connectivity index (χ0v) is 13.7. The fraction of sp³-hybridized carbons (Fsp3) is 0.294. The van der Waals surface area contributed by atoms with Crippen molar-refractivity contribution >= 4 is 23.2 Å². The largest absolute Gasteiger partial charge is 0.496 e. The fourth-order valence-electron chi connectivity index (χ4n) is 2.37. The van der Waals surface area contributed by atoms with E-state index in [0.717, 1.165) is 29.3 Å². The Bertz CT molecular complexity index is 584. The third kappa shape index (κ3) is 4.37. The summed E-state index contributed by atoms with van der Waals surface area (Å²) in [7, 11) is 1.68. The lowest BCUT2D eigenvalue weighted by atomic mass is 9.98. The second kappa shape index (κ2) is 7.69. The van der Waals surface area contributed by atoms with E-state index in [0.29, 0.717) is 5.02 Å². The van der Waals surface area contributed by atoms with Crippen LogP contribution in [0.1, 0.15) is 24.1 Å². The van der Waals surface area contributed by atoms with Gasteiger partial charge in [-0.15, -0.1) is 0 Å². The third-order valence-corrected chi connectivity index (χ3v) is 3.86. The van der Waals surface area contributed by atoms with Gasteiger partial charge >= 0.3 is 0 Å². The molecule has 0 aliphatic heterocycles. The summed E-state index contributed by atoms with van der Waals surface area (Å²) in [5.41, 5.74) is 2.29. The average Bonchev–Trinajstić information content (AvgIpc) is 2.49. The van der Waals surface area contributed by atoms with Crippen molar-refractivity contribution in [3.8, 4) is 5.75 Å². The monoisotopic (exact) mass is 323 g/mol. The summed E-state index contributed by atoms with van der Waals surface area (Å²) in [4.78, 5) is 0. The zero-order chi connectivity index (χ0) is 15.2. The van der Waals surface area contributed by atoms with E-state index in [1.54, 1.807) is 7.11 Å². The van der Waals surface area contributed by atoms with E-state index in [2.05, 4.69) is 12.2 Å². The van der Waals surface area contributed by atoms with Crippen molar-refractivity contribution in [2.24, 2.45) is 0 Å². The molecule has 0 saturated heterocycles. The van der Waals surface area contributed by atoms with Crippen molar-refractivity contribution in [1.82, 2.24) is 5.32 Å². The number of hydrogen-bond donors (Lipinski definition) is 1. The average molecular weight is 324 g/mol. The maximum absolute atomic E-state index is 6.14. The first-order chi connectivity index (χ1) is 10.1. The topological polar surface area (TPSA) is 21.3 Å². The molecule has 0 bridgehead atoms. The highest BCUT2D eigenvalue weighted by Gasteiger charge is 2.16. The van der Waals surface area contributed by atoms with Gasteiger partial charge in [0.25, 0.3) is 0 Å². The van der Waals surface area contributed by atoms with Crippen LogP contribution in [0.4, 0.5) is 0 Å². The van der Waals surface area contributed by atoms with Crippen LogP contribution in [-0.4, -0.2) is 13.7 Å². The van der Waals surface area contributed by atoms with E-state index in [-0.39, 0.29) is 6.04 Å². The molecule has 2 aromatic carbocycles. The smallest absolute Gasteiger partial charge is 0.123 e. The summed E-state index contributed by atoms with van der Waals surface area (Å²) in [6, 6.07) is 13.8. The van der Waals surface area contributed by atoms with Crippen LogP contribution >= 0.6 is 23.2 Å². The Hall–Kier alpha value is -1.22. The number of ether oxygens (including phenoxy) is 1. The van der Waals surface area contributed by atoms with Gasteiger partial charge in [0.1, 0.15) is 5.75 Å². The first-order valence-corrected chi connectivity index (χ1v) is 7.71. The lowest BCUT2D eigenvalue weighted by molar-refractivity contribution is 0.399. The number of methoxy groups -OCH3 is 1. The molecule has 0 amide bonds. The molecule has 0 aliphatic carbocycles. The molecule has 0 radical (unpaired) electrons. The molecule has 2 nitrogen and oxygen atoms in total. The van der Waals surface area contributed by atoms with Gasteiger partial charge in [-0.05, 0) is 48.9 Å². The minimum Gasteiger partial charge on any atom is -0.496 e. The normalized spacial score (nSPS) is 12.2. The summed E-state index contributed by atoms with van der Waals surface area (Å²) in [6.07, 6.45) is 0.849. The molecule has 0 fully saturated rings. The van der Waals surface area contributed by atoms with Gasteiger partial charge in [0.05, 0.1) is 7.11 Å². The number of rotatable bonds is 6. The molecule has 0 aromatic heterocycles. The highest BCUT2D eigenvalue weighted by molar-refractivity contribution is 6.30. The first-order valence-electron chi connectivity index (χ1n) is 6.95. The van der Waals surface area contributed by atoms with Crippen molar-refractivity contribution in [3.05, 3.63) is 63.6 Å². The quantitative estimate of drug-likeness (QED) is 0.816. The van der Waals surface area contributed by atoms with Crippen molar-refractivity contribution in [3.63, 3.8) is 0 Å². The number of benzene rings is 2. The summed E-state index contributed by atoms with van der Waals surface area (Å²) in [5.74, 6) is 0.847. The van der Waals surface area contributed by atoms with Gasteiger partial charge in [0.2, 0.25) is 0 Å². The van der Waals surface area contributed by atoms with E-state index in [1.807, 2.05) is 42.5 Å². The SMILES string of the molecule is CCNC(Cc1ccc(Cl)cc1)c1cc(Cl)ccc1OC. The van der Waals surface area contributed by atoms with Crippen molar-refractivity contribution in [2.75, 3.05) is 13.7 Å².